The van der Waals surface area contributed by atoms with Crippen LogP contribution in [0.4, 0.5) is 17.1 Å². The van der Waals surface area contributed by atoms with Gasteiger partial charge in [-0.3, -0.25) is 0 Å². The number of para-hydroxylation sites is 3. The van der Waals surface area contributed by atoms with Crippen LogP contribution in [0.3, 0.4) is 0 Å². The number of furan rings is 1. The van der Waals surface area contributed by atoms with Gasteiger partial charge in [-0.25, -0.2) is 0 Å². The molecule has 12 aromatic rings. The summed E-state index contributed by atoms with van der Waals surface area (Å²) in [4.78, 5) is 2.40. The largest absolute Gasteiger partial charge is 0.456 e. The van der Waals surface area contributed by atoms with Gasteiger partial charge in [0.1, 0.15) is 11.2 Å². The van der Waals surface area contributed by atoms with Crippen LogP contribution in [0.5, 0.6) is 0 Å². The van der Waals surface area contributed by atoms with E-state index in [2.05, 4.69) is 240 Å². The molecule has 2 aromatic heterocycles. The Labute approximate surface area is 366 Å². The highest BCUT2D eigenvalue weighted by atomic mass is 16.3. The molecule has 0 aliphatic carbocycles. The van der Waals surface area contributed by atoms with Gasteiger partial charge in [0, 0.05) is 44.0 Å². The molecule has 0 spiro atoms. The number of rotatable bonds is 8. The minimum atomic E-state index is 0.871. The molecule has 296 valence electrons. The van der Waals surface area contributed by atoms with Gasteiger partial charge in [0.25, 0.3) is 0 Å². The molecular formula is C60H40N2O. The van der Waals surface area contributed by atoms with Gasteiger partial charge in [-0.15, -0.1) is 0 Å². The Kier molecular flexibility index (Phi) is 8.83. The molecule has 3 nitrogen and oxygen atoms in total. The van der Waals surface area contributed by atoms with Crippen LogP contribution < -0.4 is 4.90 Å². The second-order valence-corrected chi connectivity index (χ2v) is 16.1. The first-order valence-electron chi connectivity index (χ1n) is 21.5. The molecule has 0 amide bonds. The number of hydrogen-bond acceptors (Lipinski definition) is 2. The predicted octanol–water partition coefficient (Wildman–Crippen LogP) is 16.8. The Morgan fingerprint density at radius 2 is 0.778 bits per heavy atom. The average Bonchev–Trinajstić information content (AvgIpc) is 3.90. The molecule has 3 heteroatoms. The number of fused-ring (bicyclic) bond motifs is 6. The molecule has 0 saturated heterocycles. The van der Waals surface area contributed by atoms with Crippen molar-refractivity contribution in [1.82, 2.24) is 4.57 Å². The Balaban J connectivity index is 1.07. The van der Waals surface area contributed by atoms with Gasteiger partial charge in [0.2, 0.25) is 0 Å². The summed E-state index contributed by atoms with van der Waals surface area (Å²) in [5.41, 5.74) is 17.8. The molecule has 0 unspecified atom stereocenters. The third-order valence-electron chi connectivity index (χ3n) is 12.4. The number of anilines is 3. The molecular weight excluding hydrogens is 765 g/mol. The summed E-state index contributed by atoms with van der Waals surface area (Å²) in [6, 6.07) is 87.3. The zero-order chi connectivity index (χ0) is 41.7. The maximum Gasteiger partial charge on any atom is 0.135 e. The van der Waals surface area contributed by atoms with Gasteiger partial charge in [-0.1, -0.05) is 170 Å². The van der Waals surface area contributed by atoms with Crippen molar-refractivity contribution in [2.75, 3.05) is 4.90 Å². The molecule has 10 aromatic carbocycles. The van der Waals surface area contributed by atoms with Crippen LogP contribution in [0.25, 0.3) is 93.9 Å². The van der Waals surface area contributed by atoms with E-state index < -0.39 is 0 Å². The maximum atomic E-state index is 6.33. The van der Waals surface area contributed by atoms with Crippen molar-refractivity contribution in [2.24, 2.45) is 0 Å². The number of benzene rings is 10. The molecule has 0 atom stereocenters. The first-order valence-corrected chi connectivity index (χ1v) is 21.5. The molecule has 63 heavy (non-hydrogen) atoms. The highest BCUT2D eigenvalue weighted by Gasteiger charge is 2.23. The van der Waals surface area contributed by atoms with Gasteiger partial charge >= 0.3 is 0 Å². The first-order chi connectivity index (χ1) is 31.2. The lowest BCUT2D eigenvalue weighted by Gasteiger charge is -2.29. The van der Waals surface area contributed by atoms with Crippen molar-refractivity contribution >= 4 is 60.8 Å². The Morgan fingerprint density at radius 3 is 1.43 bits per heavy atom. The minimum absolute atomic E-state index is 0.871. The fourth-order valence-electron chi connectivity index (χ4n) is 9.41. The summed E-state index contributed by atoms with van der Waals surface area (Å²) in [6.07, 6.45) is 0. The summed E-state index contributed by atoms with van der Waals surface area (Å²) in [5, 5.41) is 4.62. The third-order valence-corrected chi connectivity index (χ3v) is 12.4. The molecule has 0 aliphatic rings. The standard InChI is InChI=1S/C60H40N2O/c1-4-16-41(17-5-1)44-28-32-47(33-29-44)61(48-34-37-60-54(40-48)51-24-12-15-27-59(51)63-60)55-25-13-10-22-49(55)50-23-11-14-26-56(50)62-57-35-30-45(42-18-6-2-7-19-42)38-52(57)53-39-46(31-36-58(53)62)43-20-8-3-9-21-43/h1-40H. The highest BCUT2D eigenvalue weighted by molar-refractivity contribution is 6.12. The number of aromatic nitrogens is 1. The molecule has 2 heterocycles. The lowest BCUT2D eigenvalue weighted by Crippen LogP contribution is -2.11. The van der Waals surface area contributed by atoms with Crippen molar-refractivity contribution in [3.05, 3.63) is 243 Å². The molecule has 0 fully saturated rings. The number of hydrogen-bond donors (Lipinski definition) is 0. The molecule has 0 aliphatic heterocycles. The average molecular weight is 805 g/mol. The van der Waals surface area contributed by atoms with E-state index in [-0.39, 0.29) is 0 Å². The molecule has 0 N–H and O–H groups in total. The van der Waals surface area contributed by atoms with E-state index >= 15 is 0 Å². The predicted molar refractivity (Wildman–Crippen MR) is 264 cm³/mol. The Morgan fingerprint density at radius 1 is 0.302 bits per heavy atom. The summed E-state index contributed by atoms with van der Waals surface area (Å²) >= 11 is 0. The maximum absolute atomic E-state index is 6.33. The fourth-order valence-corrected chi connectivity index (χ4v) is 9.41. The fraction of sp³-hybridized carbons (Fsp3) is 0. The molecule has 0 radical (unpaired) electrons. The van der Waals surface area contributed by atoms with Crippen LogP contribution in [0.1, 0.15) is 0 Å². The van der Waals surface area contributed by atoms with Crippen LogP contribution in [0.15, 0.2) is 247 Å². The van der Waals surface area contributed by atoms with Crippen LogP contribution in [-0.4, -0.2) is 4.57 Å². The third kappa shape index (κ3) is 6.38. The van der Waals surface area contributed by atoms with Crippen LogP contribution in [0.2, 0.25) is 0 Å². The Bertz CT molecular complexity index is 3510. The zero-order valence-electron chi connectivity index (χ0n) is 34.4. The van der Waals surface area contributed by atoms with E-state index in [9.17, 15) is 0 Å². The van der Waals surface area contributed by atoms with Gasteiger partial charge in [-0.05, 0) is 106 Å². The Hall–Kier alpha value is -8.40. The van der Waals surface area contributed by atoms with Crippen molar-refractivity contribution in [2.45, 2.75) is 0 Å². The zero-order valence-corrected chi connectivity index (χ0v) is 34.4. The minimum Gasteiger partial charge on any atom is -0.456 e. The summed E-state index contributed by atoms with van der Waals surface area (Å²) in [6.45, 7) is 0. The second kappa shape index (κ2) is 15.3. The van der Waals surface area contributed by atoms with E-state index in [1.807, 2.05) is 12.1 Å². The van der Waals surface area contributed by atoms with E-state index in [0.717, 1.165) is 66.8 Å². The lowest BCUT2D eigenvalue weighted by molar-refractivity contribution is 0.669. The van der Waals surface area contributed by atoms with Crippen molar-refractivity contribution in [3.8, 4) is 50.2 Å². The smallest absolute Gasteiger partial charge is 0.135 e. The monoisotopic (exact) mass is 804 g/mol. The quantitative estimate of drug-likeness (QED) is 0.153. The first kappa shape index (κ1) is 36.5. The molecule has 0 bridgehead atoms. The summed E-state index contributed by atoms with van der Waals surface area (Å²) in [5.74, 6) is 0. The van der Waals surface area contributed by atoms with E-state index in [1.165, 1.54) is 44.2 Å². The van der Waals surface area contributed by atoms with Crippen LogP contribution >= 0.6 is 0 Å². The van der Waals surface area contributed by atoms with Gasteiger partial charge in [0.15, 0.2) is 0 Å². The van der Waals surface area contributed by atoms with Crippen molar-refractivity contribution in [1.29, 1.82) is 0 Å². The van der Waals surface area contributed by atoms with Gasteiger partial charge in [0.05, 0.1) is 22.4 Å². The normalized spacial score (nSPS) is 11.5. The van der Waals surface area contributed by atoms with Gasteiger partial charge in [-0.2, -0.15) is 0 Å². The second-order valence-electron chi connectivity index (χ2n) is 16.1. The topological polar surface area (TPSA) is 21.3 Å². The molecule has 12 rings (SSSR count). The van der Waals surface area contributed by atoms with E-state index in [0.29, 0.717) is 0 Å². The van der Waals surface area contributed by atoms with Crippen molar-refractivity contribution in [3.63, 3.8) is 0 Å². The SMILES string of the molecule is c1ccc(-c2ccc(N(c3ccc4oc5ccccc5c4c3)c3ccccc3-c3ccccc3-n3c4ccc(-c5ccccc5)cc4c4cc(-c5ccccc5)ccc43)cc2)cc1. The summed E-state index contributed by atoms with van der Waals surface area (Å²) < 4.78 is 8.79. The van der Waals surface area contributed by atoms with Gasteiger partial charge < -0.3 is 13.9 Å². The van der Waals surface area contributed by atoms with Crippen LogP contribution in [0, 0.1) is 0 Å². The van der Waals surface area contributed by atoms with E-state index in [4.69, 9.17) is 4.42 Å². The lowest BCUT2D eigenvalue weighted by atomic mass is 9.99. The molecule has 0 saturated carbocycles. The highest BCUT2D eigenvalue weighted by Crippen LogP contribution is 2.46. The van der Waals surface area contributed by atoms with Crippen LogP contribution in [-0.2, 0) is 0 Å². The van der Waals surface area contributed by atoms with Crippen molar-refractivity contribution < 1.29 is 4.42 Å². The van der Waals surface area contributed by atoms with E-state index in [1.54, 1.807) is 0 Å². The number of nitrogens with zero attached hydrogens (tertiary/aromatic N) is 2. The summed E-state index contributed by atoms with van der Waals surface area (Å²) in [7, 11) is 0.